The minimum absolute atomic E-state index is 0.0286. The average molecular weight is 323 g/mol. The van der Waals surface area contributed by atoms with Gasteiger partial charge < -0.3 is 10.2 Å². The van der Waals surface area contributed by atoms with Gasteiger partial charge >= 0.3 is 0 Å². The van der Waals surface area contributed by atoms with Crippen LogP contribution in [0.15, 0.2) is 24.3 Å². The molecule has 0 radical (unpaired) electrons. The van der Waals surface area contributed by atoms with E-state index in [0.29, 0.717) is 10.9 Å². The molecule has 1 aromatic heterocycles. The van der Waals surface area contributed by atoms with Crippen LogP contribution in [0.25, 0.3) is 10.9 Å². The van der Waals surface area contributed by atoms with Gasteiger partial charge in [-0.15, -0.1) is 0 Å². The van der Waals surface area contributed by atoms with Gasteiger partial charge in [0.15, 0.2) is 5.69 Å². The van der Waals surface area contributed by atoms with E-state index in [4.69, 9.17) is 15.1 Å². The van der Waals surface area contributed by atoms with Crippen LogP contribution < -0.4 is 5.32 Å². The Bertz CT molecular complexity index is 1130. The topological polar surface area (TPSA) is 50.2 Å². The molecular weight excluding hydrogens is 288 g/mol. The van der Waals surface area contributed by atoms with Gasteiger partial charge in [-0.2, -0.15) is 5.10 Å². The molecule has 0 saturated carbocycles. The zero-order valence-corrected chi connectivity index (χ0v) is 12.6. The molecule has 1 N–H and O–H groups in total. The van der Waals surface area contributed by atoms with E-state index in [0.717, 1.165) is 0 Å². The van der Waals surface area contributed by atoms with Crippen molar-refractivity contribution in [3.63, 3.8) is 0 Å². The quantitative estimate of drug-likeness (QED) is 0.923. The number of nitrogens with one attached hydrogen (secondary N) is 1. The summed E-state index contributed by atoms with van der Waals surface area (Å²) in [4.78, 5) is 13.3. The number of amides is 1. The summed E-state index contributed by atoms with van der Waals surface area (Å²) < 4.78 is 92.5. The lowest BCUT2D eigenvalue weighted by molar-refractivity contribution is 0.0462. The van der Waals surface area contributed by atoms with Crippen molar-refractivity contribution < 1.29 is 19.9 Å². The summed E-state index contributed by atoms with van der Waals surface area (Å²) in [5, 5.41) is 7.29. The van der Waals surface area contributed by atoms with Crippen LogP contribution in [-0.2, 0) is 7.05 Å². The molecule has 2 fully saturated rings. The Morgan fingerprint density at radius 3 is 2.87 bits per heavy atom. The number of benzene rings is 1. The smallest absolute Gasteiger partial charge is 0.272 e. The Balaban J connectivity index is 1.79. The number of carbonyl (C=O) groups excluding carboxylic acids is 1. The fourth-order valence-electron chi connectivity index (χ4n) is 3.01. The zero-order chi connectivity index (χ0) is 25.7. The number of piperidine rings is 2. The largest absolute Gasteiger partial charge is 0.348 e. The molecule has 1 amide bonds. The predicted octanol–water partition coefficient (Wildman–Crippen LogP) is 2.32. The average Bonchev–Trinajstić information content (AvgIpc) is 3.02. The van der Waals surface area contributed by atoms with Crippen LogP contribution in [0.2, 0.25) is 0 Å². The van der Waals surface area contributed by atoms with Gasteiger partial charge in [0.05, 0.1) is 5.52 Å². The summed E-state index contributed by atoms with van der Waals surface area (Å²) in [5.41, 5.74) is 0.692. The summed E-state index contributed by atoms with van der Waals surface area (Å²) in [7, 11) is 1.64. The van der Waals surface area contributed by atoms with Crippen LogP contribution in [0.5, 0.6) is 0 Å². The summed E-state index contributed by atoms with van der Waals surface area (Å²) in [6.07, 6.45) is -11.4. The van der Waals surface area contributed by atoms with Gasteiger partial charge in [-0.3, -0.25) is 9.48 Å². The number of hydrogen-bond acceptors (Lipinski definition) is 3. The molecular formula is C18H24N4O. The standard InChI is InChI=1S/C18H24N4O/c1-21-13-6-5-7-14(21)11-12(10-13)19-18(23)17-15-8-3-4-9-16(15)22(2)20-17/h3-4,8-9,12-14H,5-7,10-11H2,1-2H3,(H,19,23)/t13-,14-/m1/s1/i1D3,5D2,6D2,7D2,13D,14D. The molecule has 1 aromatic carbocycles. The fourth-order valence-corrected chi connectivity index (χ4v) is 3.01. The highest BCUT2D eigenvalue weighted by Gasteiger charge is 2.36. The highest BCUT2D eigenvalue weighted by molar-refractivity contribution is 6.04. The van der Waals surface area contributed by atoms with Gasteiger partial charge in [0.1, 0.15) is 0 Å². The first-order valence-corrected chi connectivity index (χ1v) is 7.36. The number of aryl methyl sites for hydroxylation is 1. The number of carbonyl (C=O) groups is 1. The molecule has 3 heterocycles. The van der Waals surface area contributed by atoms with Crippen LogP contribution in [0.4, 0.5) is 0 Å². The molecule has 122 valence electrons. The molecule has 0 unspecified atom stereocenters. The van der Waals surface area contributed by atoms with Crippen molar-refractivity contribution in [2.75, 3.05) is 6.98 Å². The van der Waals surface area contributed by atoms with E-state index >= 15 is 0 Å². The van der Waals surface area contributed by atoms with E-state index < -0.39 is 62.9 Å². The lowest BCUT2D eigenvalue weighted by atomic mass is 9.82. The Kier molecular flexibility index (Phi) is 1.70. The van der Waals surface area contributed by atoms with Crippen LogP contribution in [0.1, 0.15) is 57.5 Å². The molecule has 23 heavy (non-hydrogen) atoms. The maximum absolute atomic E-state index is 13.1. The van der Waals surface area contributed by atoms with Crippen molar-refractivity contribution in [3.05, 3.63) is 30.0 Å². The SMILES string of the molecule is [2H]C([2H])([2H])N1[C@@]2([2H])CC(NC(=O)c3nn(C)c4ccccc34)C[C@@]1([2H])C([2H])([2H])C([2H])([2H])C2([2H])[2H]. The first-order valence-electron chi connectivity index (χ1n) is 12.9. The van der Waals surface area contributed by atoms with Crippen molar-refractivity contribution in [1.82, 2.24) is 20.0 Å². The van der Waals surface area contributed by atoms with Crippen LogP contribution in [0, 0.1) is 0 Å². The number of fused-ring (bicyclic) bond motifs is 3. The first-order chi connectivity index (χ1) is 15.3. The zero-order valence-electron chi connectivity index (χ0n) is 23.6. The second kappa shape index (κ2) is 5.64. The third-order valence-electron chi connectivity index (χ3n) is 4.14. The fraction of sp³-hybridized carbons (Fsp3) is 0.556. The van der Waals surface area contributed by atoms with Crippen molar-refractivity contribution in [2.45, 2.75) is 50.0 Å². The molecule has 0 aliphatic carbocycles. The van der Waals surface area contributed by atoms with Crippen molar-refractivity contribution in [3.8, 4) is 0 Å². The first kappa shape index (κ1) is 6.93. The summed E-state index contributed by atoms with van der Waals surface area (Å²) in [6, 6.07) is -0.0437. The Hall–Kier alpha value is -1.88. The Morgan fingerprint density at radius 1 is 1.39 bits per heavy atom. The minimum Gasteiger partial charge on any atom is -0.348 e. The van der Waals surface area contributed by atoms with Crippen LogP contribution in [0.3, 0.4) is 0 Å². The summed E-state index contributed by atoms with van der Waals surface area (Å²) >= 11 is 0. The molecule has 5 heteroatoms. The second-order valence-electron chi connectivity index (χ2n) is 5.67. The molecule has 4 rings (SSSR count). The van der Waals surface area contributed by atoms with Gasteiger partial charge in [0.2, 0.25) is 0 Å². The molecule has 0 spiro atoms. The number of rotatable bonds is 2. The van der Waals surface area contributed by atoms with E-state index in [-0.39, 0.29) is 10.6 Å². The second-order valence-corrected chi connectivity index (χ2v) is 5.67. The van der Waals surface area contributed by atoms with Crippen LogP contribution in [-0.4, -0.2) is 45.6 Å². The highest BCUT2D eigenvalue weighted by Crippen LogP contribution is 2.32. The van der Waals surface area contributed by atoms with E-state index in [9.17, 15) is 4.79 Å². The predicted molar refractivity (Wildman–Crippen MR) is 90.4 cm³/mol. The lowest BCUT2D eigenvalue weighted by Crippen LogP contribution is -2.55. The third-order valence-corrected chi connectivity index (χ3v) is 4.14. The molecule has 2 aromatic rings. The number of para-hydroxylation sites is 1. The normalized spacial score (nSPS) is 48.6. The molecule has 2 aliphatic heterocycles. The van der Waals surface area contributed by atoms with Gasteiger partial charge in [-0.1, -0.05) is 24.6 Å². The molecule has 5 nitrogen and oxygen atoms in total. The Morgan fingerprint density at radius 2 is 2.13 bits per heavy atom. The molecule has 2 saturated heterocycles. The van der Waals surface area contributed by atoms with E-state index in [1.54, 1.807) is 31.3 Å². The van der Waals surface area contributed by atoms with E-state index in [1.807, 2.05) is 0 Å². The van der Waals surface area contributed by atoms with Crippen LogP contribution >= 0.6 is 0 Å². The highest BCUT2D eigenvalue weighted by atomic mass is 16.2. The third kappa shape index (κ3) is 2.53. The van der Waals surface area contributed by atoms with Crippen molar-refractivity contribution in [1.29, 1.82) is 0 Å². The van der Waals surface area contributed by atoms with Gasteiger partial charge in [-0.25, -0.2) is 0 Å². The van der Waals surface area contributed by atoms with Crippen molar-refractivity contribution >= 4 is 16.8 Å². The van der Waals surface area contributed by atoms with Gasteiger partial charge in [-0.05, 0) is 38.6 Å². The number of nitrogens with zero attached hydrogens (tertiary/aromatic N) is 3. The number of aromatic nitrogens is 2. The number of hydrogen-bond donors (Lipinski definition) is 1. The lowest BCUT2D eigenvalue weighted by Gasteiger charge is -2.47. The van der Waals surface area contributed by atoms with Crippen molar-refractivity contribution in [2.24, 2.45) is 7.05 Å². The summed E-state index contributed by atoms with van der Waals surface area (Å²) in [5.74, 6) is -0.710. The van der Waals surface area contributed by atoms with Gasteiger partial charge in [0, 0.05) is 45.6 Å². The molecule has 2 bridgehead atoms. The monoisotopic (exact) mass is 323 g/mol. The van der Waals surface area contributed by atoms with E-state index in [2.05, 4.69) is 10.4 Å². The minimum atomic E-state index is -3.36. The Labute approximate surface area is 152 Å². The molecule has 2 aliphatic rings. The maximum Gasteiger partial charge on any atom is 0.272 e. The summed E-state index contributed by atoms with van der Waals surface area (Å²) in [6.45, 7) is -3.27. The van der Waals surface area contributed by atoms with E-state index in [1.165, 1.54) is 4.68 Å². The maximum atomic E-state index is 13.1. The molecule has 2 atom stereocenters. The van der Waals surface area contributed by atoms with Gasteiger partial charge in [0.25, 0.3) is 5.91 Å².